The Kier molecular flexibility index (Phi) is 7.08. The molecule has 0 saturated heterocycles. The number of hydrogen-bond acceptors (Lipinski definition) is 8. The molecular weight excluding hydrogens is 451 g/mol. The number of rotatable bonds is 6. The highest BCUT2D eigenvalue weighted by molar-refractivity contribution is 7.13. The number of phenolic OH excluding ortho intramolecular Hbond substituents is 1. The molecule has 3 atom stereocenters. The first-order chi connectivity index (χ1) is 16.4. The van der Waals surface area contributed by atoms with Crippen molar-refractivity contribution in [2.45, 2.75) is 64.6 Å². The van der Waals surface area contributed by atoms with Crippen molar-refractivity contribution in [3.05, 3.63) is 35.5 Å². The van der Waals surface area contributed by atoms with E-state index in [1.165, 1.54) is 11.3 Å². The van der Waals surface area contributed by atoms with E-state index in [4.69, 9.17) is 5.26 Å². The van der Waals surface area contributed by atoms with E-state index in [0.29, 0.717) is 27.6 Å². The quantitative estimate of drug-likeness (QED) is 0.448. The number of aromatic hydroxyl groups is 1. The van der Waals surface area contributed by atoms with Crippen LogP contribution in [0.4, 0.5) is 10.2 Å². The van der Waals surface area contributed by atoms with Crippen molar-refractivity contribution in [3.63, 3.8) is 0 Å². The number of phenols is 1. The maximum Gasteiger partial charge on any atom is 0.185 e. The van der Waals surface area contributed by atoms with Crippen LogP contribution in [-0.2, 0) is 0 Å². The molecule has 1 saturated carbocycles. The maximum absolute atomic E-state index is 15.7. The van der Waals surface area contributed by atoms with E-state index in [-0.39, 0.29) is 23.0 Å². The number of benzene rings is 1. The SMILES string of the molecule is CCC[C@]1(C)CCCC[C@H](N(C)c2cnc(-c3ccc(-c4nc(C#N)cs4)cc3O)nn2)[C@@H]1F. The second-order valence-electron chi connectivity index (χ2n) is 9.25. The van der Waals surface area contributed by atoms with Crippen molar-refractivity contribution >= 4 is 17.2 Å². The van der Waals surface area contributed by atoms with Crippen LogP contribution in [0.15, 0.2) is 29.8 Å². The Morgan fingerprint density at radius 3 is 2.79 bits per heavy atom. The average Bonchev–Trinajstić information content (AvgIpc) is 3.28. The lowest BCUT2D eigenvalue weighted by Crippen LogP contribution is -2.46. The molecule has 34 heavy (non-hydrogen) atoms. The number of hydrogen-bond donors (Lipinski definition) is 1. The molecule has 1 N–H and O–H groups in total. The molecule has 1 fully saturated rings. The van der Waals surface area contributed by atoms with Gasteiger partial charge < -0.3 is 10.0 Å². The molecule has 178 valence electrons. The van der Waals surface area contributed by atoms with Crippen molar-refractivity contribution in [1.82, 2.24) is 20.2 Å². The molecule has 0 aliphatic heterocycles. The Morgan fingerprint density at radius 1 is 1.32 bits per heavy atom. The lowest BCUT2D eigenvalue weighted by molar-refractivity contribution is 0.0868. The summed E-state index contributed by atoms with van der Waals surface area (Å²) in [7, 11) is 1.86. The zero-order valence-electron chi connectivity index (χ0n) is 19.7. The summed E-state index contributed by atoms with van der Waals surface area (Å²) in [4.78, 5) is 10.5. The molecule has 2 aromatic heterocycles. The fourth-order valence-corrected chi connectivity index (χ4v) is 5.63. The van der Waals surface area contributed by atoms with Gasteiger partial charge in [0, 0.05) is 23.4 Å². The first kappa shape index (κ1) is 24.0. The maximum atomic E-state index is 15.7. The lowest BCUT2D eigenvalue weighted by Gasteiger charge is -2.39. The third kappa shape index (κ3) is 4.73. The Morgan fingerprint density at radius 2 is 2.15 bits per heavy atom. The molecule has 0 unspecified atom stereocenters. The Hall–Kier alpha value is -3.12. The molecule has 1 aliphatic carbocycles. The van der Waals surface area contributed by atoms with Crippen LogP contribution in [0.25, 0.3) is 22.0 Å². The Bertz CT molecular complexity index is 1180. The summed E-state index contributed by atoms with van der Waals surface area (Å²) in [6.07, 6.45) is 6.18. The molecule has 7 nitrogen and oxygen atoms in total. The van der Waals surface area contributed by atoms with Gasteiger partial charge in [0.25, 0.3) is 0 Å². The monoisotopic (exact) mass is 480 g/mol. The van der Waals surface area contributed by atoms with Gasteiger partial charge in [0.2, 0.25) is 0 Å². The Labute approximate surface area is 203 Å². The Balaban J connectivity index is 1.54. The van der Waals surface area contributed by atoms with Gasteiger partial charge >= 0.3 is 0 Å². The second kappa shape index (κ2) is 10.0. The molecule has 0 spiro atoms. The summed E-state index contributed by atoms with van der Waals surface area (Å²) < 4.78 is 15.7. The minimum absolute atomic E-state index is 0.00275. The predicted molar refractivity (Wildman–Crippen MR) is 131 cm³/mol. The van der Waals surface area contributed by atoms with Crippen LogP contribution in [0, 0.1) is 16.7 Å². The number of nitrogens with zero attached hydrogens (tertiary/aromatic N) is 6. The third-order valence-corrected chi connectivity index (χ3v) is 7.73. The third-order valence-electron chi connectivity index (χ3n) is 6.84. The summed E-state index contributed by atoms with van der Waals surface area (Å²) in [5, 5.41) is 30.4. The van der Waals surface area contributed by atoms with E-state index in [0.717, 1.165) is 38.5 Å². The molecule has 0 bridgehead atoms. The van der Waals surface area contributed by atoms with E-state index >= 15 is 4.39 Å². The largest absolute Gasteiger partial charge is 0.507 e. The number of thiazole rings is 1. The number of nitriles is 1. The second-order valence-corrected chi connectivity index (χ2v) is 10.1. The lowest BCUT2D eigenvalue weighted by atomic mass is 9.76. The molecule has 9 heteroatoms. The van der Waals surface area contributed by atoms with Gasteiger partial charge in [-0.3, -0.25) is 0 Å². The van der Waals surface area contributed by atoms with Crippen molar-refractivity contribution < 1.29 is 9.50 Å². The highest BCUT2D eigenvalue weighted by atomic mass is 32.1. The van der Waals surface area contributed by atoms with Crippen LogP contribution in [-0.4, -0.2) is 44.5 Å². The van der Waals surface area contributed by atoms with Gasteiger partial charge in [-0.15, -0.1) is 21.5 Å². The van der Waals surface area contributed by atoms with Crippen LogP contribution in [0.3, 0.4) is 0 Å². The molecule has 0 amide bonds. The zero-order chi connectivity index (χ0) is 24.3. The molecule has 1 aromatic carbocycles. The minimum Gasteiger partial charge on any atom is -0.507 e. The average molecular weight is 481 g/mol. The van der Waals surface area contributed by atoms with Gasteiger partial charge in [-0.1, -0.05) is 39.2 Å². The molecule has 3 aromatic rings. The zero-order valence-corrected chi connectivity index (χ0v) is 20.5. The number of aromatic nitrogens is 4. The first-order valence-corrected chi connectivity index (χ1v) is 12.5. The topological polar surface area (TPSA) is 98.8 Å². The van der Waals surface area contributed by atoms with Crippen molar-refractivity contribution in [1.29, 1.82) is 5.26 Å². The van der Waals surface area contributed by atoms with Gasteiger partial charge in [0.1, 0.15) is 23.0 Å². The normalized spacial score (nSPS) is 22.7. The summed E-state index contributed by atoms with van der Waals surface area (Å²) in [5.41, 5.74) is 1.16. The first-order valence-electron chi connectivity index (χ1n) is 11.6. The van der Waals surface area contributed by atoms with Crippen LogP contribution in [0.5, 0.6) is 5.75 Å². The summed E-state index contributed by atoms with van der Waals surface area (Å²) in [6.45, 7) is 4.18. The standard InChI is InChI=1S/C25H29FN6OS/c1-4-10-25(2)11-6-5-7-19(22(25)26)32(3)21-14-28-23(31-30-21)18-9-8-16(12-20(18)33)24-29-17(13-27)15-34-24/h8-9,12,14-15,19,22,33H,4-7,10-11H2,1-3H3/t19-,22-,25+/m0/s1. The van der Waals surface area contributed by atoms with Gasteiger partial charge in [-0.25, -0.2) is 14.4 Å². The van der Waals surface area contributed by atoms with E-state index in [2.05, 4.69) is 34.0 Å². The molecular formula is C25H29FN6OS. The minimum atomic E-state index is -0.953. The molecule has 2 heterocycles. The van der Waals surface area contributed by atoms with Crippen molar-refractivity contribution in [3.8, 4) is 33.8 Å². The fourth-order valence-electron chi connectivity index (χ4n) is 4.89. The van der Waals surface area contributed by atoms with Gasteiger partial charge in [-0.2, -0.15) is 5.26 Å². The van der Waals surface area contributed by atoms with Crippen LogP contribution >= 0.6 is 11.3 Å². The van der Waals surface area contributed by atoms with E-state index in [9.17, 15) is 5.11 Å². The molecule has 1 aliphatic rings. The summed E-state index contributed by atoms with van der Waals surface area (Å²) in [5.74, 6) is 0.795. The van der Waals surface area contributed by atoms with Gasteiger partial charge in [-0.05, 0) is 31.4 Å². The van der Waals surface area contributed by atoms with Gasteiger partial charge in [0.05, 0.1) is 17.8 Å². The van der Waals surface area contributed by atoms with Crippen LogP contribution in [0.1, 0.15) is 58.1 Å². The van der Waals surface area contributed by atoms with E-state index < -0.39 is 6.17 Å². The smallest absolute Gasteiger partial charge is 0.185 e. The highest BCUT2D eigenvalue weighted by Gasteiger charge is 2.42. The van der Waals surface area contributed by atoms with E-state index in [1.807, 2.05) is 18.0 Å². The summed E-state index contributed by atoms with van der Waals surface area (Å²) in [6, 6.07) is 6.81. The van der Waals surface area contributed by atoms with Crippen LogP contribution in [0.2, 0.25) is 0 Å². The predicted octanol–water partition coefficient (Wildman–Crippen LogP) is 5.76. The fraction of sp³-hybridized carbons (Fsp3) is 0.480. The number of anilines is 1. The van der Waals surface area contributed by atoms with Crippen LogP contribution < -0.4 is 4.90 Å². The van der Waals surface area contributed by atoms with Gasteiger partial charge in [0.15, 0.2) is 17.3 Å². The van der Waals surface area contributed by atoms with Crippen molar-refractivity contribution in [2.75, 3.05) is 11.9 Å². The number of alkyl halides is 1. The number of halogens is 1. The molecule has 0 radical (unpaired) electrons. The molecule has 4 rings (SSSR count). The van der Waals surface area contributed by atoms with E-state index in [1.54, 1.807) is 29.8 Å². The van der Waals surface area contributed by atoms with Crippen molar-refractivity contribution in [2.24, 2.45) is 5.41 Å². The summed E-state index contributed by atoms with van der Waals surface area (Å²) >= 11 is 1.34. The highest BCUT2D eigenvalue weighted by Crippen LogP contribution is 2.42.